The molecule has 1 aromatic carbocycles. The fourth-order valence-electron chi connectivity index (χ4n) is 2.56. The highest BCUT2D eigenvalue weighted by molar-refractivity contribution is 8.00. The van der Waals surface area contributed by atoms with Gasteiger partial charge in [0.05, 0.1) is 5.75 Å². The van der Waals surface area contributed by atoms with Gasteiger partial charge in [-0.2, -0.15) is 0 Å². The van der Waals surface area contributed by atoms with Crippen molar-refractivity contribution in [1.29, 1.82) is 0 Å². The molecule has 4 nitrogen and oxygen atoms in total. The summed E-state index contributed by atoms with van der Waals surface area (Å²) in [4.78, 5) is 29.0. The van der Waals surface area contributed by atoms with Crippen LogP contribution in [0.5, 0.6) is 0 Å². The quantitative estimate of drug-likeness (QED) is 0.792. The smallest absolute Gasteiger partial charge is 0.233 e. The van der Waals surface area contributed by atoms with Gasteiger partial charge in [-0.15, -0.1) is 11.8 Å². The number of carbonyl (C=O) groups excluding carboxylic acids is 2. The first-order valence-corrected chi connectivity index (χ1v) is 8.95. The highest BCUT2D eigenvalue weighted by Gasteiger charge is 2.35. The third-order valence-corrected chi connectivity index (χ3v) is 5.24. The zero-order valence-corrected chi connectivity index (χ0v) is 13.9. The second kappa shape index (κ2) is 6.92. The van der Waals surface area contributed by atoms with Gasteiger partial charge < -0.3 is 9.80 Å². The van der Waals surface area contributed by atoms with Crippen LogP contribution in [0.4, 0.5) is 0 Å². The number of nitrogens with zero attached hydrogens (tertiary/aromatic N) is 2. The molecule has 2 aliphatic rings. The van der Waals surface area contributed by atoms with Crippen molar-refractivity contribution in [2.45, 2.75) is 17.7 Å². The van der Waals surface area contributed by atoms with Crippen molar-refractivity contribution in [2.75, 3.05) is 31.9 Å². The molecular formula is C16H19ClN2O2S. The Labute approximate surface area is 139 Å². The molecule has 0 bridgehead atoms. The van der Waals surface area contributed by atoms with Gasteiger partial charge in [-0.25, -0.2) is 0 Å². The maximum absolute atomic E-state index is 12.2. The fourth-order valence-corrected chi connectivity index (χ4v) is 3.67. The van der Waals surface area contributed by atoms with Crippen LogP contribution in [-0.2, 0) is 9.59 Å². The van der Waals surface area contributed by atoms with E-state index in [0.29, 0.717) is 37.0 Å². The van der Waals surface area contributed by atoms with E-state index in [1.54, 1.807) is 0 Å². The van der Waals surface area contributed by atoms with Crippen LogP contribution in [0, 0.1) is 5.92 Å². The lowest BCUT2D eigenvalue weighted by Crippen LogP contribution is -2.51. The number of amides is 2. The Hall–Kier alpha value is -1.20. The summed E-state index contributed by atoms with van der Waals surface area (Å²) in [5.41, 5.74) is 0. The molecule has 1 heterocycles. The van der Waals surface area contributed by atoms with Gasteiger partial charge in [0.2, 0.25) is 11.8 Å². The van der Waals surface area contributed by atoms with E-state index >= 15 is 0 Å². The summed E-state index contributed by atoms with van der Waals surface area (Å²) < 4.78 is 0. The zero-order valence-electron chi connectivity index (χ0n) is 12.3. The second-order valence-corrected chi connectivity index (χ2v) is 7.21. The summed E-state index contributed by atoms with van der Waals surface area (Å²) in [5, 5.41) is 0.685. The van der Waals surface area contributed by atoms with E-state index in [2.05, 4.69) is 0 Å². The Bertz CT molecular complexity index is 569. The number of hydrogen-bond acceptors (Lipinski definition) is 3. The van der Waals surface area contributed by atoms with Crippen molar-refractivity contribution in [3.05, 3.63) is 29.3 Å². The van der Waals surface area contributed by atoms with Crippen LogP contribution in [0.2, 0.25) is 5.02 Å². The summed E-state index contributed by atoms with van der Waals surface area (Å²) >= 11 is 7.44. The second-order valence-electron chi connectivity index (χ2n) is 5.73. The lowest BCUT2D eigenvalue weighted by molar-refractivity contribution is -0.139. The van der Waals surface area contributed by atoms with Crippen molar-refractivity contribution >= 4 is 35.2 Å². The van der Waals surface area contributed by atoms with Gasteiger partial charge >= 0.3 is 0 Å². The minimum absolute atomic E-state index is 0.128. The summed E-state index contributed by atoms with van der Waals surface area (Å²) in [5.74, 6) is 1.08. The molecule has 0 radical (unpaired) electrons. The number of thioether (sulfide) groups is 1. The summed E-state index contributed by atoms with van der Waals surface area (Å²) in [6.07, 6.45) is 2.07. The lowest BCUT2D eigenvalue weighted by Gasteiger charge is -2.34. The van der Waals surface area contributed by atoms with Crippen molar-refractivity contribution < 1.29 is 9.59 Å². The number of benzene rings is 1. The number of halogens is 1. The Morgan fingerprint density at radius 3 is 2.45 bits per heavy atom. The molecule has 1 aliphatic heterocycles. The van der Waals surface area contributed by atoms with E-state index in [-0.39, 0.29) is 17.7 Å². The summed E-state index contributed by atoms with van der Waals surface area (Å²) in [7, 11) is 0. The first kappa shape index (κ1) is 15.7. The summed E-state index contributed by atoms with van der Waals surface area (Å²) in [6.45, 7) is 2.63. The monoisotopic (exact) mass is 338 g/mol. The molecule has 1 aromatic rings. The van der Waals surface area contributed by atoms with Crippen LogP contribution < -0.4 is 0 Å². The standard InChI is InChI=1S/C16H19ClN2O2S/c17-13-2-1-3-14(10-13)22-11-15(20)18-6-8-19(9-7-18)16(21)12-4-5-12/h1-3,10,12H,4-9,11H2. The summed E-state index contributed by atoms with van der Waals surface area (Å²) in [6, 6.07) is 7.53. The molecule has 0 aromatic heterocycles. The van der Waals surface area contributed by atoms with Crippen molar-refractivity contribution in [1.82, 2.24) is 9.80 Å². The van der Waals surface area contributed by atoms with Gasteiger partial charge in [0.1, 0.15) is 0 Å². The van der Waals surface area contributed by atoms with E-state index in [0.717, 1.165) is 17.7 Å². The number of rotatable bonds is 4. The third-order valence-electron chi connectivity index (χ3n) is 4.03. The van der Waals surface area contributed by atoms with Gasteiger partial charge in [-0.1, -0.05) is 17.7 Å². The van der Waals surface area contributed by atoms with Crippen LogP contribution in [0.25, 0.3) is 0 Å². The maximum Gasteiger partial charge on any atom is 0.233 e. The van der Waals surface area contributed by atoms with Gasteiger partial charge in [0, 0.05) is 42.0 Å². The zero-order chi connectivity index (χ0) is 15.5. The van der Waals surface area contributed by atoms with Crippen molar-refractivity contribution in [3.63, 3.8) is 0 Å². The third kappa shape index (κ3) is 3.96. The van der Waals surface area contributed by atoms with Gasteiger partial charge in [0.25, 0.3) is 0 Å². The maximum atomic E-state index is 12.2. The molecule has 0 atom stereocenters. The molecule has 118 valence electrons. The van der Waals surface area contributed by atoms with Crippen LogP contribution >= 0.6 is 23.4 Å². The largest absolute Gasteiger partial charge is 0.339 e. The minimum atomic E-state index is 0.128. The molecule has 2 amide bonds. The van der Waals surface area contributed by atoms with Gasteiger partial charge in [-0.3, -0.25) is 9.59 Å². The van der Waals surface area contributed by atoms with Gasteiger partial charge in [-0.05, 0) is 31.0 Å². The Morgan fingerprint density at radius 1 is 1.14 bits per heavy atom. The van der Waals surface area contributed by atoms with Gasteiger partial charge in [0.15, 0.2) is 0 Å². The highest BCUT2D eigenvalue weighted by atomic mass is 35.5. The van der Waals surface area contributed by atoms with E-state index < -0.39 is 0 Å². The predicted octanol–water partition coefficient (Wildman–Crippen LogP) is 2.51. The van der Waals surface area contributed by atoms with Crippen LogP contribution in [-0.4, -0.2) is 53.5 Å². The molecular weight excluding hydrogens is 320 g/mol. The van der Waals surface area contributed by atoms with E-state index in [1.807, 2.05) is 34.1 Å². The fraction of sp³-hybridized carbons (Fsp3) is 0.500. The molecule has 22 heavy (non-hydrogen) atoms. The number of hydrogen-bond donors (Lipinski definition) is 0. The van der Waals surface area contributed by atoms with Crippen LogP contribution in [0.1, 0.15) is 12.8 Å². The first-order valence-electron chi connectivity index (χ1n) is 7.58. The average Bonchev–Trinajstić information content (AvgIpc) is 3.37. The number of piperazine rings is 1. The minimum Gasteiger partial charge on any atom is -0.339 e. The first-order chi connectivity index (χ1) is 10.6. The van der Waals surface area contributed by atoms with Crippen LogP contribution in [0.15, 0.2) is 29.2 Å². The molecule has 1 saturated carbocycles. The van der Waals surface area contributed by atoms with E-state index in [1.165, 1.54) is 11.8 Å². The topological polar surface area (TPSA) is 40.6 Å². The molecule has 1 saturated heterocycles. The Balaban J connectivity index is 1.44. The highest BCUT2D eigenvalue weighted by Crippen LogP contribution is 2.31. The molecule has 0 N–H and O–H groups in total. The Kier molecular flexibility index (Phi) is 4.93. The van der Waals surface area contributed by atoms with Crippen LogP contribution in [0.3, 0.4) is 0 Å². The number of carbonyl (C=O) groups is 2. The molecule has 1 aliphatic carbocycles. The molecule has 0 spiro atoms. The van der Waals surface area contributed by atoms with E-state index in [4.69, 9.17) is 11.6 Å². The molecule has 3 rings (SSSR count). The van der Waals surface area contributed by atoms with E-state index in [9.17, 15) is 9.59 Å². The average molecular weight is 339 g/mol. The molecule has 6 heteroatoms. The molecule has 2 fully saturated rings. The normalized spacial score (nSPS) is 18.4. The van der Waals surface area contributed by atoms with Crippen molar-refractivity contribution in [3.8, 4) is 0 Å². The predicted molar refractivity (Wildman–Crippen MR) is 88.1 cm³/mol. The van der Waals surface area contributed by atoms with Crippen molar-refractivity contribution in [2.24, 2.45) is 5.92 Å². The Morgan fingerprint density at radius 2 is 1.82 bits per heavy atom. The molecule has 0 unspecified atom stereocenters. The lowest BCUT2D eigenvalue weighted by atomic mass is 10.2. The SMILES string of the molecule is O=C(CSc1cccc(Cl)c1)N1CCN(C(=O)C2CC2)CC1.